The smallest absolute Gasteiger partial charge is 0.0519 e. The minimum absolute atomic E-state index is 0.748. The lowest BCUT2D eigenvalue weighted by Gasteiger charge is -2.25. The van der Waals surface area contributed by atoms with E-state index in [9.17, 15) is 0 Å². The molecule has 1 aliphatic heterocycles. The van der Waals surface area contributed by atoms with Crippen LogP contribution in [0.5, 0.6) is 0 Å². The number of rotatable bonds is 2. The van der Waals surface area contributed by atoms with Crippen LogP contribution in [0, 0.1) is 5.92 Å². The van der Waals surface area contributed by atoms with Gasteiger partial charge in [-0.25, -0.2) is 0 Å². The monoisotopic (exact) mass is 149 g/mol. The minimum Gasteiger partial charge on any atom is -0.381 e. The third-order valence-electron chi connectivity index (χ3n) is 1.98. The van der Waals surface area contributed by atoms with E-state index < -0.39 is 0 Å². The van der Waals surface area contributed by atoms with E-state index in [-0.39, 0.29) is 0 Å². The van der Waals surface area contributed by atoms with Crippen LogP contribution in [0.15, 0.2) is 24.5 Å². The number of hydrogen-bond donors (Lipinski definition) is 0. The highest BCUT2D eigenvalue weighted by Gasteiger charge is 2.17. The molecule has 0 atom stereocenters. The highest BCUT2D eigenvalue weighted by molar-refractivity contribution is 5.10. The largest absolute Gasteiger partial charge is 0.381 e. The first kappa shape index (κ1) is 6.80. The maximum Gasteiger partial charge on any atom is 0.0519 e. The Labute approximate surface area is 66.2 Å². The van der Waals surface area contributed by atoms with E-state index in [1.54, 1.807) is 0 Å². The van der Waals surface area contributed by atoms with Gasteiger partial charge in [0, 0.05) is 18.3 Å². The van der Waals surface area contributed by atoms with Crippen molar-refractivity contribution in [2.45, 2.75) is 6.42 Å². The fraction of sp³-hybridized carbons (Fsp3) is 0.444. The molecule has 2 heteroatoms. The van der Waals surface area contributed by atoms with Crippen LogP contribution in [0.25, 0.3) is 0 Å². The summed E-state index contributed by atoms with van der Waals surface area (Å²) in [7, 11) is 0. The van der Waals surface area contributed by atoms with E-state index in [1.165, 1.54) is 5.56 Å². The van der Waals surface area contributed by atoms with Crippen LogP contribution in [0.3, 0.4) is 0 Å². The van der Waals surface area contributed by atoms with Gasteiger partial charge < -0.3 is 4.74 Å². The third-order valence-corrected chi connectivity index (χ3v) is 1.98. The molecule has 0 bridgehead atoms. The maximum absolute atomic E-state index is 5.09. The summed E-state index contributed by atoms with van der Waals surface area (Å²) in [5, 5.41) is 0. The van der Waals surface area contributed by atoms with Gasteiger partial charge in [-0.2, -0.15) is 0 Å². The lowest BCUT2D eigenvalue weighted by atomic mass is 9.99. The molecule has 0 radical (unpaired) electrons. The summed E-state index contributed by atoms with van der Waals surface area (Å²) in [6.45, 7) is 1.87. The lowest BCUT2D eigenvalue weighted by Crippen LogP contribution is -2.29. The molecule has 0 aliphatic carbocycles. The van der Waals surface area contributed by atoms with E-state index in [0.717, 1.165) is 25.6 Å². The SMILES string of the molecule is c1cc(CC2COC2)ccn1. The number of hydrogen-bond acceptors (Lipinski definition) is 2. The molecule has 0 aromatic carbocycles. The van der Waals surface area contributed by atoms with Crippen LogP contribution < -0.4 is 0 Å². The molecule has 0 amide bonds. The second-order valence-corrected chi connectivity index (χ2v) is 2.96. The molecule has 1 aromatic rings. The van der Waals surface area contributed by atoms with Crippen LogP contribution in [-0.4, -0.2) is 18.2 Å². The summed E-state index contributed by atoms with van der Waals surface area (Å²) in [4.78, 5) is 3.97. The van der Waals surface area contributed by atoms with Gasteiger partial charge in [0.1, 0.15) is 0 Å². The molecule has 1 aliphatic rings. The molecular formula is C9H11NO. The molecular weight excluding hydrogens is 138 g/mol. The lowest BCUT2D eigenvalue weighted by molar-refractivity contribution is -0.0312. The Morgan fingerprint density at radius 2 is 2.09 bits per heavy atom. The second kappa shape index (κ2) is 3.01. The highest BCUT2D eigenvalue weighted by Crippen LogP contribution is 2.15. The zero-order chi connectivity index (χ0) is 7.52. The first-order valence-electron chi connectivity index (χ1n) is 3.92. The summed E-state index contributed by atoms with van der Waals surface area (Å²) in [6, 6.07) is 4.14. The van der Waals surface area contributed by atoms with Gasteiger partial charge in [0.25, 0.3) is 0 Å². The Hall–Kier alpha value is -0.890. The Morgan fingerprint density at radius 1 is 1.36 bits per heavy atom. The van der Waals surface area contributed by atoms with Gasteiger partial charge in [-0.15, -0.1) is 0 Å². The van der Waals surface area contributed by atoms with Gasteiger partial charge in [0.15, 0.2) is 0 Å². The first-order valence-corrected chi connectivity index (χ1v) is 3.92. The van der Waals surface area contributed by atoms with Gasteiger partial charge in [-0.1, -0.05) is 0 Å². The second-order valence-electron chi connectivity index (χ2n) is 2.96. The fourth-order valence-electron chi connectivity index (χ4n) is 1.25. The van der Waals surface area contributed by atoms with Crippen molar-refractivity contribution in [3.05, 3.63) is 30.1 Å². The van der Waals surface area contributed by atoms with E-state index in [0.29, 0.717) is 0 Å². The van der Waals surface area contributed by atoms with Crippen LogP contribution >= 0.6 is 0 Å². The summed E-state index contributed by atoms with van der Waals surface area (Å²) in [5.74, 6) is 0.748. The van der Waals surface area contributed by atoms with Crippen LogP contribution in [0.4, 0.5) is 0 Å². The van der Waals surface area contributed by atoms with Gasteiger partial charge in [0.05, 0.1) is 13.2 Å². The molecule has 58 valence electrons. The Balaban J connectivity index is 1.95. The highest BCUT2D eigenvalue weighted by atomic mass is 16.5. The van der Waals surface area contributed by atoms with Crippen molar-refractivity contribution in [1.29, 1.82) is 0 Å². The maximum atomic E-state index is 5.09. The van der Waals surface area contributed by atoms with Crippen molar-refractivity contribution in [2.24, 2.45) is 5.92 Å². The number of nitrogens with zero attached hydrogens (tertiary/aromatic N) is 1. The predicted octanol–water partition coefficient (Wildman–Crippen LogP) is 1.27. The summed E-state index contributed by atoms with van der Waals surface area (Å²) in [5.41, 5.74) is 1.37. The van der Waals surface area contributed by atoms with Crippen molar-refractivity contribution in [3.63, 3.8) is 0 Å². The zero-order valence-corrected chi connectivity index (χ0v) is 6.36. The Bertz CT molecular complexity index is 218. The Kier molecular flexibility index (Phi) is 1.86. The van der Waals surface area contributed by atoms with Gasteiger partial charge >= 0.3 is 0 Å². The average molecular weight is 149 g/mol. The van der Waals surface area contributed by atoms with Crippen molar-refractivity contribution < 1.29 is 4.74 Å². The molecule has 0 saturated carbocycles. The summed E-state index contributed by atoms with van der Waals surface area (Å²) in [6.07, 6.45) is 4.83. The van der Waals surface area contributed by atoms with Gasteiger partial charge in [-0.3, -0.25) is 4.98 Å². The molecule has 1 fully saturated rings. The Morgan fingerprint density at radius 3 is 2.64 bits per heavy atom. The predicted molar refractivity (Wildman–Crippen MR) is 42.3 cm³/mol. The van der Waals surface area contributed by atoms with E-state index in [1.807, 2.05) is 12.4 Å². The third kappa shape index (κ3) is 1.57. The standard InChI is InChI=1S/C9H11NO/c1-3-10-4-2-8(1)5-9-6-11-7-9/h1-4,9H,5-7H2. The molecule has 1 aromatic heterocycles. The molecule has 2 nitrogen and oxygen atoms in total. The van der Waals surface area contributed by atoms with Gasteiger partial charge in [0.2, 0.25) is 0 Å². The number of aromatic nitrogens is 1. The summed E-state index contributed by atoms with van der Waals surface area (Å²) < 4.78 is 5.09. The van der Waals surface area contributed by atoms with Crippen LogP contribution in [-0.2, 0) is 11.2 Å². The van der Waals surface area contributed by atoms with Crippen LogP contribution in [0.1, 0.15) is 5.56 Å². The molecule has 11 heavy (non-hydrogen) atoms. The van der Waals surface area contributed by atoms with Crippen molar-refractivity contribution in [3.8, 4) is 0 Å². The number of pyridine rings is 1. The fourth-order valence-corrected chi connectivity index (χ4v) is 1.25. The van der Waals surface area contributed by atoms with Crippen molar-refractivity contribution in [1.82, 2.24) is 4.98 Å². The molecule has 2 heterocycles. The van der Waals surface area contributed by atoms with E-state index >= 15 is 0 Å². The van der Waals surface area contributed by atoms with Gasteiger partial charge in [-0.05, 0) is 24.1 Å². The minimum atomic E-state index is 0.748. The molecule has 0 unspecified atom stereocenters. The molecule has 2 rings (SSSR count). The molecule has 0 N–H and O–H groups in total. The normalized spacial score (nSPS) is 17.8. The van der Waals surface area contributed by atoms with E-state index in [4.69, 9.17) is 4.74 Å². The average Bonchev–Trinajstić information content (AvgIpc) is 1.99. The number of ether oxygens (including phenoxy) is 1. The van der Waals surface area contributed by atoms with Crippen LogP contribution in [0.2, 0.25) is 0 Å². The van der Waals surface area contributed by atoms with Crippen molar-refractivity contribution >= 4 is 0 Å². The topological polar surface area (TPSA) is 22.1 Å². The molecule has 0 spiro atoms. The van der Waals surface area contributed by atoms with Crippen molar-refractivity contribution in [2.75, 3.05) is 13.2 Å². The van der Waals surface area contributed by atoms with E-state index in [2.05, 4.69) is 17.1 Å². The summed E-state index contributed by atoms with van der Waals surface area (Å²) >= 11 is 0. The molecule has 1 saturated heterocycles. The quantitative estimate of drug-likeness (QED) is 0.631. The first-order chi connectivity index (χ1) is 5.45. The zero-order valence-electron chi connectivity index (χ0n) is 6.36.